The van der Waals surface area contributed by atoms with Crippen molar-refractivity contribution in [3.63, 3.8) is 0 Å². The van der Waals surface area contributed by atoms with Crippen LogP contribution in [0.2, 0.25) is 5.28 Å². The summed E-state index contributed by atoms with van der Waals surface area (Å²) in [5.41, 5.74) is 6.23. The lowest BCUT2D eigenvalue weighted by molar-refractivity contribution is -0.179. The Kier molecular flexibility index (Phi) is 9.13. The lowest BCUT2D eigenvalue weighted by Gasteiger charge is -2.45. The number of hydrogen-bond donors (Lipinski definition) is 1. The molecule has 0 spiro atoms. The van der Waals surface area contributed by atoms with Crippen LogP contribution in [0.3, 0.4) is 0 Å². The lowest BCUT2D eigenvalue weighted by atomic mass is 9.61. The summed E-state index contributed by atoms with van der Waals surface area (Å²) in [5.74, 6) is 2.51. The highest BCUT2D eigenvalue weighted by Gasteiger charge is 2.55. The second-order valence-corrected chi connectivity index (χ2v) is 14.8. The van der Waals surface area contributed by atoms with E-state index in [-0.39, 0.29) is 36.5 Å². The molecule has 4 fully saturated rings. The minimum Gasteiger partial charge on any atom is -0.461 e. The SMILES string of the molecule is C#C[C@]1(COC(=O)CC(C)(C)c2c(C)cc(C)cc2OC(C)=O)O[C@@H](n2cnc3c(N)nc(Cl)nc32)C[C@@H]1OC(=O)C12CCC(CC1)CC2. The minimum atomic E-state index is -1.62. The Morgan fingerprint density at radius 2 is 1.86 bits per heavy atom. The van der Waals surface area contributed by atoms with E-state index in [1.807, 2.05) is 33.8 Å². The minimum absolute atomic E-state index is 0.0647. The number of nitrogens with zero attached hydrogens (tertiary/aromatic N) is 4. The van der Waals surface area contributed by atoms with Crippen molar-refractivity contribution in [2.45, 2.75) is 109 Å². The van der Waals surface area contributed by atoms with E-state index in [0.29, 0.717) is 28.4 Å². The van der Waals surface area contributed by atoms with Gasteiger partial charge < -0.3 is 24.7 Å². The zero-order valence-corrected chi connectivity index (χ0v) is 29.3. The standard InChI is InChI=1S/C36H42ClN5O7/c1-7-36(18-46-27(44)17-34(5,6)28-21(3)14-20(2)15-24(28)47-22(4)43)25(48-32(45)35-11-8-23(9-12-35)10-13-35)16-26(49-36)42-19-39-29-30(38)40-33(37)41-31(29)42/h1,14-15,19,23,25-26H,8-13,16-18H2,2-6H3,(H2,38,40,41)/t23?,25-,26+,35?,36+/m0/s1. The van der Waals surface area contributed by atoms with Crippen LogP contribution in [-0.2, 0) is 34.0 Å². The van der Waals surface area contributed by atoms with Gasteiger partial charge in [-0.2, -0.15) is 9.97 Å². The molecule has 3 aliphatic carbocycles. The van der Waals surface area contributed by atoms with Crippen LogP contribution in [0.5, 0.6) is 5.75 Å². The molecule has 3 atom stereocenters. The maximum absolute atomic E-state index is 13.9. The van der Waals surface area contributed by atoms with Crippen molar-refractivity contribution < 1.29 is 33.3 Å². The van der Waals surface area contributed by atoms with Crippen LogP contribution in [0.25, 0.3) is 11.2 Å². The third-order valence-corrected chi connectivity index (χ3v) is 10.6. The molecule has 3 saturated carbocycles. The van der Waals surface area contributed by atoms with Crippen molar-refractivity contribution in [3.8, 4) is 18.1 Å². The summed E-state index contributed by atoms with van der Waals surface area (Å²) in [5, 5.41) is -0.0693. The van der Waals surface area contributed by atoms with E-state index in [4.69, 9.17) is 42.7 Å². The quantitative estimate of drug-likeness (QED) is 0.127. The lowest BCUT2D eigenvalue weighted by Crippen LogP contribution is -2.49. The van der Waals surface area contributed by atoms with Gasteiger partial charge in [0.25, 0.3) is 0 Å². The molecule has 1 saturated heterocycles. The third-order valence-electron chi connectivity index (χ3n) is 10.4. The van der Waals surface area contributed by atoms with Crippen LogP contribution in [-0.4, -0.2) is 55.7 Å². The molecule has 0 amide bonds. The molecule has 3 aromatic rings. The Bertz CT molecular complexity index is 1840. The summed E-state index contributed by atoms with van der Waals surface area (Å²) < 4.78 is 25.8. The molecular weight excluding hydrogens is 650 g/mol. The van der Waals surface area contributed by atoms with Gasteiger partial charge in [-0.1, -0.05) is 25.8 Å². The van der Waals surface area contributed by atoms with Gasteiger partial charge in [-0.3, -0.25) is 19.0 Å². The van der Waals surface area contributed by atoms with Crippen molar-refractivity contribution in [1.82, 2.24) is 19.5 Å². The van der Waals surface area contributed by atoms with Gasteiger partial charge in [-0.05, 0) is 87.1 Å². The number of imidazole rings is 1. The number of halogens is 1. The molecule has 49 heavy (non-hydrogen) atoms. The van der Waals surface area contributed by atoms with Gasteiger partial charge in [0, 0.05) is 24.3 Å². The first-order chi connectivity index (χ1) is 23.1. The number of ether oxygens (including phenoxy) is 4. The molecule has 2 N–H and O–H groups in total. The average molecular weight is 692 g/mol. The zero-order valence-electron chi connectivity index (χ0n) is 28.5. The summed E-state index contributed by atoms with van der Waals surface area (Å²) >= 11 is 6.13. The fourth-order valence-electron chi connectivity index (χ4n) is 8.00. The number of carbonyl (C=O) groups excluding carboxylic acids is 3. The highest BCUT2D eigenvalue weighted by molar-refractivity contribution is 6.28. The molecule has 4 aliphatic rings. The van der Waals surface area contributed by atoms with E-state index in [1.54, 1.807) is 10.6 Å². The fraction of sp³-hybridized carbons (Fsp3) is 0.556. The number of nitrogen functional groups attached to an aromatic ring is 1. The van der Waals surface area contributed by atoms with Crippen LogP contribution < -0.4 is 10.5 Å². The van der Waals surface area contributed by atoms with Gasteiger partial charge in [0.05, 0.1) is 18.2 Å². The van der Waals surface area contributed by atoms with Crippen LogP contribution in [0.4, 0.5) is 5.82 Å². The molecule has 7 rings (SSSR count). The summed E-state index contributed by atoms with van der Waals surface area (Å²) in [7, 11) is 0. The number of terminal acetylenes is 1. The summed E-state index contributed by atoms with van der Waals surface area (Å²) in [6.45, 7) is 8.53. The molecule has 1 aromatic carbocycles. The summed E-state index contributed by atoms with van der Waals surface area (Å²) in [6.07, 6.45) is 11.3. The molecule has 3 heterocycles. The first-order valence-corrected chi connectivity index (χ1v) is 17.0. The highest BCUT2D eigenvalue weighted by atomic mass is 35.5. The normalized spacial score (nSPS) is 26.3. The number of anilines is 1. The molecule has 2 aromatic heterocycles. The van der Waals surface area contributed by atoms with Crippen LogP contribution in [0.15, 0.2) is 18.5 Å². The highest BCUT2D eigenvalue weighted by Crippen LogP contribution is 2.52. The van der Waals surface area contributed by atoms with E-state index in [2.05, 4.69) is 20.9 Å². The first kappa shape index (κ1) is 34.6. The molecular formula is C36H42ClN5O7. The molecule has 12 nitrogen and oxygen atoms in total. The smallest absolute Gasteiger partial charge is 0.312 e. The molecule has 1 aliphatic heterocycles. The second-order valence-electron chi connectivity index (χ2n) is 14.5. The van der Waals surface area contributed by atoms with E-state index in [0.717, 1.165) is 49.7 Å². The monoisotopic (exact) mass is 691 g/mol. The zero-order chi connectivity index (χ0) is 35.3. The summed E-state index contributed by atoms with van der Waals surface area (Å²) in [4.78, 5) is 52.0. The van der Waals surface area contributed by atoms with Gasteiger partial charge in [-0.15, -0.1) is 6.42 Å². The maximum Gasteiger partial charge on any atom is 0.312 e. The number of fused-ring (bicyclic) bond motifs is 4. The third kappa shape index (κ3) is 6.58. The Morgan fingerprint density at radius 3 is 2.51 bits per heavy atom. The Hall–Kier alpha value is -4.21. The van der Waals surface area contributed by atoms with Crippen molar-refractivity contribution >= 4 is 46.5 Å². The number of rotatable bonds is 9. The Morgan fingerprint density at radius 1 is 1.16 bits per heavy atom. The second kappa shape index (κ2) is 12.9. The predicted octanol–water partition coefficient (Wildman–Crippen LogP) is 5.69. The molecule has 0 radical (unpaired) electrons. The maximum atomic E-state index is 13.9. The van der Waals surface area contributed by atoms with Crippen molar-refractivity contribution in [3.05, 3.63) is 40.4 Å². The molecule has 13 heteroatoms. The van der Waals surface area contributed by atoms with Crippen molar-refractivity contribution in [2.24, 2.45) is 11.3 Å². The van der Waals surface area contributed by atoms with Crippen LogP contribution >= 0.6 is 11.6 Å². The Balaban J connectivity index is 1.26. The topological polar surface area (TPSA) is 158 Å². The summed E-state index contributed by atoms with van der Waals surface area (Å²) in [6, 6.07) is 3.75. The number of hydrogen-bond acceptors (Lipinski definition) is 11. The van der Waals surface area contributed by atoms with Gasteiger partial charge >= 0.3 is 17.9 Å². The van der Waals surface area contributed by atoms with E-state index in [9.17, 15) is 14.4 Å². The van der Waals surface area contributed by atoms with Crippen LogP contribution in [0.1, 0.15) is 95.1 Å². The van der Waals surface area contributed by atoms with Gasteiger partial charge in [0.15, 0.2) is 11.5 Å². The number of esters is 3. The van der Waals surface area contributed by atoms with Crippen LogP contribution in [0, 0.1) is 37.5 Å². The molecule has 0 unspecified atom stereocenters. The largest absolute Gasteiger partial charge is 0.461 e. The van der Waals surface area contributed by atoms with E-state index >= 15 is 0 Å². The number of aryl methyl sites for hydroxylation is 2. The first-order valence-electron chi connectivity index (χ1n) is 16.6. The Labute approximate surface area is 290 Å². The van der Waals surface area contributed by atoms with E-state index < -0.39 is 40.7 Å². The van der Waals surface area contributed by atoms with Gasteiger partial charge in [-0.25, -0.2) is 4.98 Å². The average Bonchev–Trinajstić information content (AvgIpc) is 3.61. The van der Waals surface area contributed by atoms with Gasteiger partial charge in [0.2, 0.25) is 10.9 Å². The number of aromatic nitrogens is 4. The molecule has 2 bridgehead atoms. The fourth-order valence-corrected chi connectivity index (χ4v) is 8.17. The van der Waals surface area contributed by atoms with Gasteiger partial charge in [0.1, 0.15) is 30.2 Å². The number of nitrogens with two attached hydrogens (primary N) is 1. The number of carbonyl (C=O) groups is 3. The van der Waals surface area contributed by atoms with Crippen molar-refractivity contribution in [2.75, 3.05) is 12.3 Å². The van der Waals surface area contributed by atoms with Crippen molar-refractivity contribution in [1.29, 1.82) is 0 Å². The number of benzene rings is 1. The van der Waals surface area contributed by atoms with E-state index in [1.165, 1.54) is 13.3 Å². The predicted molar refractivity (Wildman–Crippen MR) is 180 cm³/mol. The molecule has 260 valence electrons.